The van der Waals surface area contributed by atoms with Gasteiger partial charge in [-0.15, -0.1) is 0 Å². The minimum Gasteiger partial charge on any atom is -0.481 e. The van der Waals surface area contributed by atoms with Crippen LogP contribution in [0.15, 0.2) is 134 Å². The first-order chi connectivity index (χ1) is 50.9. The molecule has 0 unspecified atom stereocenters. The number of hydrogen-bond acceptors (Lipinski definition) is 18. The molecule has 6 aromatic rings. The van der Waals surface area contributed by atoms with Gasteiger partial charge in [0, 0.05) is 44.0 Å². The van der Waals surface area contributed by atoms with Crippen LogP contribution in [0.1, 0.15) is 93.0 Å². The second-order valence-corrected chi connectivity index (χ2v) is 25.8. The van der Waals surface area contributed by atoms with Crippen LogP contribution in [0, 0.1) is 6.92 Å². The van der Waals surface area contributed by atoms with Crippen molar-refractivity contribution in [2.24, 2.45) is 11.5 Å². The number of aryl methyl sites for hydroxylation is 3. The molecule has 0 aliphatic carbocycles. The zero-order valence-electron chi connectivity index (χ0n) is 60.1. The van der Waals surface area contributed by atoms with Gasteiger partial charge in [-0.05, 0) is 103 Å². The molecular formula is C75H94N14O18. The summed E-state index contributed by atoms with van der Waals surface area (Å²) in [6.45, 7) is 7.32. The molecule has 1 heterocycles. The minimum absolute atomic E-state index is 0.0351. The molecule has 1 aromatic heterocycles. The van der Waals surface area contributed by atoms with Gasteiger partial charge in [0.25, 0.3) is 0 Å². The van der Waals surface area contributed by atoms with E-state index in [4.69, 9.17) is 11.5 Å². The average molecular weight is 1480 g/mol. The van der Waals surface area contributed by atoms with E-state index in [1.165, 1.54) is 19.4 Å². The predicted octanol–water partition coefficient (Wildman–Crippen LogP) is -1.15. The number of primary amides is 1. The van der Waals surface area contributed by atoms with Crippen LogP contribution in [0.3, 0.4) is 0 Å². The number of benzene rings is 5. The summed E-state index contributed by atoms with van der Waals surface area (Å²) in [6.07, 6.45) is -2.04. The van der Waals surface area contributed by atoms with Crippen LogP contribution < -0.4 is 64.6 Å². The summed E-state index contributed by atoms with van der Waals surface area (Å²) in [6, 6.07) is 19.6. The van der Waals surface area contributed by atoms with E-state index in [0.29, 0.717) is 22.4 Å². The van der Waals surface area contributed by atoms with Crippen LogP contribution in [0.5, 0.6) is 0 Å². The fraction of sp³-hybridized carbons (Fsp3) is 0.387. The molecule has 0 saturated heterocycles. The first-order valence-electron chi connectivity index (χ1n) is 34.7. The Bertz CT molecular complexity index is 4080. The van der Waals surface area contributed by atoms with Crippen LogP contribution in [-0.4, -0.2) is 198 Å². The van der Waals surface area contributed by atoms with Gasteiger partial charge < -0.3 is 95.2 Å². The molecule has 5 aromatic carbocycles. The molecule has 107 heavy (non-hydrogen) atoms. The number of aliphatic hydroxyl groups excluding tert-OH is 3. The number of nitrogens with zero attached hydrogens (tertiary/aromatic N) is 1. The first kappa shape index (κ1) is 84.2. The lowest BCUT2D eigenvalue weighted by Gasteiger charge is -2.28. The van der Waals surface area contributed by atoms with E-state index in [2.05, 4.69) is 76.1 Å². The van der Waals surface area contributed by atoms with Gasteiger partial charge >= 0.3 is 11.9 Å². The highest BCUT2D eigenvalue weighted by atomic mass is 16.4. The van der Waals surface area contributed by atoms with E-state index in [1.807, 2.05) is 74.5 Å². The number of aliphatic carboxylic acids is 2. The maximum Gasteiger partial charge on any atom is 0.305 e. The predicted molar refractivity (Wildman–Crippen MR) is 390 cm³/mol. The van der Waals surface area contributed by atoms with Gasteiger partial charge in [0.2, 0.25) is 65.0 Å². The van der Waals surface area contributed by atoms with Gasteiger partial charge in [0.05, 0.1) is 44.1 Å². The Hall–Kier alpha value is -11.7. The Morgan fingerprint density at radius 2 is 0.981 bits per heavy atom. The third-order valence-electron chi connectivity index (χ3n) is 17.5. The molecular weight excluding hydrogens is 1380 g/mol. The van der Waals surface area contributed by atoms with E-state index in [-0.39, 0.29) is 25.7 Å². The number of carbonyl (C=O) groups excluding carboxylic acids is 11. The smallest absolute Gasteiger partial charge is 0.305 e. The third-order valence-corrected chi connectivity index (χ3v) is 17.5. The van der Waals surface area contributed by atoms with Gasteiger partial charge in [0.1, 0.15) is 54.4 Å². The van der Waals surface area contributed by atoms with E-state index in [9.17, 15) is 87.9 Å². The summed E-state index contributed by atoms with van der Waals surface area (Å²) in [5.74, 6) is -15.0. The van der Waals surface area contributed by atoms with Gasteiger partial charge in [-0.25, -0.2) is 4.98 Å². The van der Waals surface area contributed by atoms with Crippen molar-refractivity contribution in [3.8, 4) is 22.3 Å². The number of rotatable bonds is 41. The number of imidazole rings is 1. The standard InChI is InChI=1S/C75H94N14O18/c1-7-44-22-27-53(48(8-2)30-44)50-25-20-47(21-26-50)33-57(70(102)83-56(66(77)98)31-46-18-23-49(24-19-46)52-17-13-12-14-40(52)3)84-71(103)59(35-63(96)97)85-73(105)60(38-90)87-75(107)65(43(6)92)89-72(104)58(32-45-15-10-9-11-16-45)86-74(106)64(42(5)91)88-61(93)37-79-69(101)55(28-29-62(94)95)82-67(99)41(4)81-68(100)54(76)34-51-36-78-39-80-51/h9-27,30,36,39,41-43,54-60,64-65,90-92H,7-8,28-29,31-35,37-38,76H2,1-6H3,(H2,77,98)(H,78,80)(H,79,101)(H,81,100)(H,82,99)(H,83,102)(H,84,103)(H,85,105)(H,86,106)(H,87,107)(H,88,93)(H,89,104)(H,94,95)(H,96,97)/t41-,42+,43+,54-,55-,56-,57-,58-,59-,60-,64-,65-/m0/s1. The third kappa shape index (κ3) is 26.1. The maximum atomic E-state index is 14.5. The van der Waals surface area contributed by atoms with Crippen LogP contribution >= 0.6 is 0 Å². The van der Waals surface area contributed by atoms with Crippen LogP contribution in [-0.2, 0) is 101 Å². The Morgan fingerprint density at radius 1 is 0.486 bits per heavy atom. The molecule has 0 bridgehead atoms. The van der Waals surface area contributed by atoms with E-state index < -0.39 is 182 Å². The minimum atomic E-state index is -2.04. The number of hydrogen-bond donors (Lipinski definition) is 18. The van der Waals surface area contributed by atoms with Crippen LogP contribution in [0.4, 0.5) is 0 Å². The summed E-state index contributed by atoms with van der Waals surface area (Å²) < 4.78 is 0. The quantitative estimate of drug-likeness (QED) is 0.0216. The van der Waals surface area contributed by atoms with Crippen molar-refractivity contribution in [1.82, 2.24) is 63.1 Å². The number of nitrogens with two attached hydrogens (primary N) is 2. The highest BCUT2D eigenvalue weighted by Crippen LogP contribution is 2.27. The first-order valence-corrected chi connectivity index (χ1v) is 34.7. The van der Waals surface area contributed by atoms with Crippen molar-refractivity contribution in [2.45, 2.75) is 172 Å². The number of carboxylic acid groups (broad SMARTS) is 2. The number of nitrogens with one attached hydrogen (secondary N) is 11. The van der Waals surface area contributed by atoms with Crippen molar-refractivity contribution in [1.29, 1.82) is 0 Å². The molecule has 0 spiro atoms. The SMILES string of the molecule is CCc1ccc(-c2ccc(C[C@H](NC(=O)[C@H](CC(=O)O)NC(=O)[C@H](CO)NC(=O)[C@@H](NC(=O)[C@H](Cc3ccccc3)NC(=O)[C@@H](NC(=O)CNC(=O)[C@H](CCC(=O)O)NC(=O)[C@H](C)NC(=O)[C@@H](N)Cc3cnc[nH]3)[C@@H](C)O)[C@@H](C)O)C(=O)N[C@@H](Cc3ccc(-c4ccccc4C)cc3)C(N)=O)cc2)c(CC)c1. The molecule has 32 nitrogen and oxygen atoms in total. The fourth-order valence-electron chi connectivity index (χ4n) is 11.4. The van der Waals surface area contributed by atoms with Crippen molar-refractivity contribution >= 4 is 76.9 Å². The van der Waals surface area contributed by atoms with Crippen LogP contribution in [0.25, 0.3) is 22.3 Å². The van der Waals surface area contributed by atoms with E-state index in [0.717, 1.165) is 65.6 Å². The van der Waals surface area contributed by atoms with Crippen molar-refractivity contribution in [3.05, 3.63) is 173 Å². The van der Waals surface area contributed by atoms with E-state index in [1.54, 1.807) is 54.6 Å². The molecule has 20 N–H and O–H groups in total. The lowest BCUT2D eigenvalue weighted by molar-refractivity contribution is -0.142. The molecule has 12 atom stereocenters. The topological polar surface area (TPSA) is 524 Å². The van der Waals surface area contributed by atoms with Crippen molar-refractivity contribution < 1.29 is 87.9 Å². The van der Waals surface area contributed by atoms with Crippen LogP contribution in [0.2, 0.25) is 0 Å². The molecule has 0 aliphatic rings. The lowest BCUT2D eigenvalue weighted by atomic mass is 9.94. The van der Waals surface area contributed by atoms with Gasteiger partial charge in [-0.3, -0.25) is 62.3 Å². The summed E-state index contributed by atoms with van der Waals surface area (Å²) in [5, 5.41) is 75.2. The molecule has 0 saturated carbocycles. The Kier molecular flexibility index (Phi) is 32.3. The average Bonchev–Trinajstić information content (AvgIpc) is 1.19. The van der Waals surface area contributed by atoms with Crippen molar-refractivity contribution in [3.63, 3.8) is 0 Å². The molecule has 11 amide bonds. The summed E-state index contributed by atoms with van der Waals surface area (Å²) >= 11 is 0. The molecule has 0 radical (unpaired) electrons. The Balaban J connectivity index is 1.15. The normalized spacial score (nSPS) is 14.4. The summed E-state index contributed by atoms with van der Waals surface area (Å²) in [7, 11) is 0. The monoisotopic (exact) mass is 1480 g/mol. The maximum absolute atomic E-state index is 14.5. The second-order valence-electron chi connectivity index (χ2n) is 25.8. The molecule has 572 valence electrons. The molecule has 32 heteroatoms. The number of carbonyl (C=O) groups is 13. The van der Waals surface area contributed by atoms with Gasteiger partial charge in [-0.1, -0.05) is 135 Å². The highest BCUT2D eigenvalue weighted by molar-refractivity contribution is 6.00. The number of aromatic amines is 1. The zero-order valence-corrected chi connectivity index (χ0v) is 60.1. The number of carboxylic acids is 2. The summed E-state index contributed by atoms with van der Waals surface area (Å²) in [4.78, 5) is 182. The van der Waals surface area contributed by atoms with Crippen molar-refractivity contribution in [2.75, 3.05) is 13.2 Å². The number of H-pyrrole nitrogens is 1. The van der Waals surface area contributed by atoms with Gasteiger partial charge in [0.15, 0.2) is 0 Å². The lowest BCUT2D eigenvalue weighted by Crippen LogP contribution is -2.63. The molecule has 0 fully saturated rings. The Morgan fingerprint density at radius 3 is 1.52 bits per heavy atom. The van der Waals surface area contributed by atoms with E-state index >= 15 is 0 Å². The highest BCUT2D eigenvalue weighted by Gasteiger charge is 2.38. The number of aliphatic hydroxyl groups is 3. The van der Waals surface area contributed by atoms with Gasteiger partial charge in [-0.2, -0.15) is 0 Å². The largest absolute Gasteiger partial charge is 0.481 e. The Labute approximate surface area is 617 Å². The molecule has 0 aliphatic heterocycles. The number of amides is 11. The summed E-state index contributed by atoms with van der Waals surface area (Å²) in [5.41, 5.74) is 20.9. The number of aromatic nitrogens is 2. The second kappa shape index (κ2) is 41.1. The fourth-order valence-corrected chi connectivity index (χ4v) is 11.4. The molecule has 6 rings (SSSR count). The zero-order chi connectivity index (χ0) is 78.6.